The van der Waals surface area contributed by atoms with Crippen molar-refractivity contribution in [3.8, 4) is 16.9 Å². The predicted molar refractivity (Wildman–Crippen MR) is 123 cm³/mol. The molecule has 172 valence electrons. The van der Waals surface area contributed by atoms with Gasteiger partial charge in [-0.15, -0.1) is 0 Å². The van der Waals surface area contributed by atoms with E-state index in [9.17, 15) is 18.0 Å². The van der Waals surface area contributed by atoms with Crippen LogP contribution in [-0.4, -0.2) is 45.9 Å². The number of rotatable bonds is 6. The molecule has 0 radical (unpaired) electrons. The van der Waals surface area contributed by atoms with Crippen LogP contribution in [0.25, 0.3) is 22.1 Å². The summed E-state index contributed by atoms with van der Waals surface area (Å²) in [6.45, 7) is 0. The van der Waals surface area contributed by atoms with Crippen LogP contribution in [0.1, 0.15) is 6.42 Å². The van der Waals surface area contributed by atoms with E-state index in [0.717, 1.165) is 5.39 Å². The first-order valence-electron chi connectivity index (χ1n) is 9.99. The fourth-order valence-electron chi connectivity index (χ4n) is 3.80. The van der Waals surface area contributed by atoms with Gasteiger partial charge in [-0.25, -0.2) is 18.0 Å². The number of sulfonamides is 1. The molecule has 1 aliphatic heterocycles. The van der Waals surface area contributed by atoms with Crippen LogP contribution in [0.3, 0.4) is 0 Å². The van der Waals surface area contributed by atoms with Gasteiger partial charge in [-0.2, -0.15) is 0 Å². The van der Waals surface area contributed by atoms with Crippen molar-refractivity contribution < 1.29 is 27.1 Å². The molecule has 1 aliphatic rings. The molecule has 0 saturated heterocycles. The number of fused-ring (bicyclic) bond motifs is 1. The second kappa shape index (κ2) is 8.62. The highest BCUT2D eigenvalue weighted by molar-refractivity contribution is 7.93. The molecule has 1 unspecified atom stereocenters. The van der Waals surface area contributed by atoms with E-state index in [1.54, 1.807) is 24.3 Å². The van der Waals surface area contributed by atoms with E-state index in [1.165, 1.54) is 44.4 Å². The summed E-state index contributed by atoms with van der Waals surface area (Å²) in [6, 6.07) is 13.5. The normalized spacial score (nSPS) is 15.9. The Hall–Kier alpha value is -3.79. The zero-order valence-electron chi connectivity index (χ0n) is 18.2. The van der Waals surface area contributed by atoms with Gasteiger partial charge in [0.25, 0.3) is 10.0 Å². The molecule has 0 spiro atoms. The molecule has 0 amide bonds. The van der Waals surface area contributed by atoms with Crippen LogP contribution in [0.15, 0.2) is 69.5 Å². The van der Waals surface area contributed by atoms with Crippen molar-refractivity contribution >= 4 is 32.6 Å². The molecule has 0 bridgehead atoms. The maximum Gasteiger partial charge on any atom is 0.354 e. The lowest BCUT2D eigenvalue weighted by Gasteiger charge is -2.24. The van der Waals surface area contributed by atoms with Crippen molar-refractivity contribution in [2.75, 3.05) is 26.0 Å². The first-order valence-corrected chi connectivity index (χ1v) is 11.5. The maximum absolute atomic E-state index is 13.0. The van der Waals surface area contributed by atoms with Crippen molar-refractivity contribution in [1.29, 1.82) is 0 Å². The summed E-state index contributed by atoms with van der Waals surface area (Å²) >= 11 is 0. The van der Waals surface area contributed by atoms with Gasteiger partial charge in [-0.05, 0) is 24.3 Å². The molecular formula is C23H22N2O7S. The van der Waals surface area contributed by atoms with Gasteiger partial charge >= 0.3 is 11.6 Å². The lowest BCUT2D eigenvalue weighted by atomic mass is 10.0. The predicted octanol–water partition coefficient (Wildman–Crippen LogP) is 2.93. The van der Waals surface area contributed by atoms with Crippen LogP contribution < -0.4 is 15.1 Å². The lowest BCUT2D eigenvalue weighted by Crippen LogP contribution is -2.39. The minimum Gasteiger partial charge on any atom is -0.496 e. The zero-order chi connectivity index (χ0) is 23.8. The average molecular weight is 471 g/mol. The fraction of sp³-hybridized carbons (Fsp3) is 0.217. The van der Waals surface area contributed by atoms with Gasteiger partial charge in [0.2, 0.25) is 0 Å². The topological polar surface area (TPSA) is 115 Å². The first-order chi connectivity index (χ1) is 15.7. The molecule has 10 heteroatoms. The number of likely N-dealkylation sites (N-methyl/N-ethyl adjacent to an activating group) is 1. The molecule has 9 nitrogen and oxygen atoms in total. The van der Waals surface area contributed by atoms with Crippen molar-refractivity contribution in [3.05, 3.63) is 70.7 Å². The summed E-state index contributed by atoms with van der Waals surface area (Å²) in [7, 11) is 0.285. The van der Waals surface area contributed by atoms with E-state index in [-0.39, 0.29) is 17.8 Å². The van der Waals surface area contributed by atoms with E-state index in [4.69, 9.17) is 13.9 Å². The van der Waals surface area contributed by atoms with Crippen molar-refractivity contribution in [3.63, 3.8) is 0 Å². The number of ether oxygens (including phenoxy) is 2. The number of carbonyl (C=O) groups is 1. The smallest absolute Gasteiger partial charge is 0.354 e. The van der Waals surface area contributed by atoms with E-state index >= 15 is 0 Å². The van der Waals surface area contributed by atoms with Crippen molar-refractivity contribution in [2.45, 2.75) is 11.8 Å². The monoisotopic (exact) mass is 470 g/mol. The number of esters is 1. The molecule has 0 fully saturated rings. The van der Waals surface area contributed by atoms with E-state index in [0.29, 0.717) is 22.5 Å². The van der Waals surface area contributed by atoms with Crippen LogP contribution in [0, 0.1) is 0 Å². The Morgan fingerprint density at radius 1 is 1.12 bits per heavy atom. The third kappa shape index (κ3) is 4.17. The second-order valence-corrected chi connectivity index (χ2v) is 9.27. The first kappa shape index (κ1) is 22.4. The van der Waals surface area contributed by atoms with Gasteiger partial charge in [-0.3, -0.25) is 4.72 Å². The summed E-state index contributed by atoms with van der Waals surface area (Å²) in [6.07, 6.45) is 1.65. The zero-order valence-corrected chi connectivity index (χ0v) is 19.0. The molecule has 2 aromatic carbocycles. The highest BCUT2D eigenvalue weighted by Crippen LogP contribution is 2.33. The number of hydrogen-bond acceptors (Lipinski definition) is 8. The average Bonchev–Trinajstić information content (AvgIpc) is 3.20. The van der Waals surface area contributed by atoms with Gasteiger partial charge in [0.15, 0.2) is 5.37 Å². The number of para-hydroxylation sites is 1. The Labute approximate surface area is 190 Å². The minimum atomic E-state index is -3.90. The number of methoxy groups -OCH3 is 2. The molecule has 2 heterocycles. The standard InChI is InChI=1S/C23H22N2O7S/c1-25-18(23(27)31-3)10-11-21(25)33(28,29)24-15-8-9-16(20(13-15)30-2)17-12-14-6-4-5-7-19(14)32-22(17)26/h4-10,12-13,21,24H,11H2,1-3H3. The van der Waals surface area contributed by atoms with Crippen molar-refractivity contribution in [2.24, 2.45) is 0 Å². The molecule has 0 saturated carbocycles. The fourth-order valence-corrected chi connectivity index (χ4v) is 5.27. The number of carbonyl (C=O) groups excluding carboxylic acids is 1. The third-order valence-electron chi connectivity index (χ3n) is 5.47. The van der Waals surface area contributed by atoms with E-state index in [2.05, 4.69) is 4.72 Å². The minimum absolute atomic E-state index is 0.129. The molecule has 1 atom stereocenters. The summed E-state index contributed by atoms with van der Waals surface area (Å²) in [5, 5.41) is -0.234. The molecule has 33 heavy (non-hydrogen) atoms. The quantitative estimate of drug-likeness (QED) is 0.432. The van der Waals surface area contributed by atoms with Crippen LogP contribution in [0.2, 0.25) is 0 Å². The molecule has 1 aromatic heterocycles. The molecular weight excluding hydrogens is 448 g/mol. The van der Waals surface area contributed by atoms with Gasteiger partial charge < -0.3 is 18.8 Å². The Morgan fingerprint density at radius 2 is 1.88 bits per heavy atom. The third-order valence-corrected chi connectivity index (χ3v) is 7.22. The Morgan fingerprint density at radius 3 is 2.61 bits per heavy atom. The highest BCUT2D eigenvalue weighted by Gasteiger charge is 2.37. The molecule has 3 aromatic rings. The van der Waals surface area contributed by atoms with E-state index < -0.39 is 27.0 Å². The van der Waals surface area contributed by atoms with E-state index in [1.807, 2.05) is 12.1 Å². The largest absolute Gasteiger partial charge is 0.496 e. The van der Waals surface area contributed by atoms with Crippen LogP contribution >= 0.6 is 0 Å². The lowest BCUT2D eigenvalue weighted by molar-refractivity contribution is -0.137. The Balaban J connectivity index is 1.64. The van der Waals surface area contributed by atoms with Gasteiger partial charge in [0, 0.05) is 30.5 Å². The SMILES string of the molecule is COC(=O)C1=CCC(S(=O)(=O)Nc2ccc(-c3cc4ccccc4oc3=O)c(OC)c2)N1C. The second-order valence-electron chi connectivity index (χ2n) is 7.43. The van der Waals surface area contributed by atoms with Crippen LogP contribution in [0.4, 0.5) is 5.69 Å². The summed E-state index contributed by atoms with van der Waals surface area (Å²) in [4.78, 5) is 25.7. The molecule has 4 rings (SSSR count). The van der Waals surface area contributed by atoms with Crippen molar-refractivity contribution in [1.82, 2.24) is 4.90 Å². The van der Waals surface area contributed by atoms with Gasteiger partial charge in [0.05, 0.1) is 25.5 Å². The summed E-state index contributed by atoms with van der Waals surface area (Å²) in [5.74, 6) is -0.304. The summed E-state index contributed by atoms with van der Waals surface area (Å²) < 4.78 is 44.0. The Bertz CT molecular complexity index is 1430. The highest BCUT2D eigenvalue weighted by atomic mass is 32.2. The Kier molecular flexibility index (Phi) is 5.86. The number of hydrogen-bond donors (Lipinski definition) is 1. The number of nitrogens with zero attached hydrogens (tertiary/aromatic N) is 1. The van der Waals surface area contributed by atoms with Crippen LogP contribution in [0.5, 0.6) is 5.75 Å². The number of nitrogens with one attached hydrogen (secondary N) is 1. The van der Waals surface area contributed by atoms with Gasteiger partial charge in [-0.1, -0.05) is 24.3 Å². The molecule has 1 N–H and O–H groups in total. The number of anilines is 1. The molecule has 0 aliphatic carbocycles. The van der Waals surface area contributed by atoms with Crippen LogP contribution in [-0.2, 0) is 19.6 Å². The maximum atomic E-state index is 13.0. The van der Waals surface area contributed by atoms with Gasteiger partial charge in [0.1, 0.15) is 17.0 Å². The summed E-state index contributed by atoms with van der Waals surface area (Å²) in [5.41, 5.74) is 1.13. The number of benzene rings is 2.